The van der Waals surface area contributed by atoms with Crippen LogP contribution < -0.4 is 10.6 Å². The number of benzene rings is 2. The van der Waals surface area contributed by atoms with E-state index >= 15 is 0 Å². The topological polar surface area (TPSA) is 29.3 Å². The van der Waals surface area contributed by atoms with E-state index in [0.29, 0.717) is 5.56 Å². The fourth-order valence-corrected chi connectivity index (χ4v) is 2.58. The van der Waals surface area contributed by atoms with Gasteiger partial charge in [-0.1, -0.05) is 36.5 Å². The van der Waals surface area contributed by atoms with E-state index in [4.69, 9.17) is 18.0 Å². The van der Waals surface area contributed by atoms with Gasteiger partial charge in [-0.3, -0.25) is 0 Å². The number of hydrogen-bond acceptors (Lipinski definition) is 2. The summed E-state index contributed by atoms with van der Waals surface area (Å²) < 4.78 is 13.9. The first-order valence-corrected chi connectivity index (χ1v) is 6.47. The second kappa shape index (κ2) is 4.63. The van der Waals surface area contributed by atoms with Crippen LogP contribution in [0.25, 0.3) is 0 Å². The third-order valence-electron chi connectivity index (χ3n) is 3.42. The minimum Gasteiger partial charge on any atom is -0.389 e. The van der Waals surface area contributed by atoms with Crippen LogP contribution in [0.5, 0.6) is 0 Å². The lowest BCUT2D eigenvalue weighted by atomic mass is 10.1. The van der Waals surface area contributed by atoms with Crippen molar-refractivity contribution in [2.75, 3.05) is 4.90 Å². The highest BCUT2D eigenvalue weighted by atomic mass is 32.1. The Morgan fingerprint density at radius 2 is 1.74 bits per heavy atom. The Kier molecular flexibility index (Phi) is 2.95. The maximum absolute atomic E-state index is 13.9. The van der Waals surface area contributed by atoms with Crippen molar-refractivity contribution in [3.8, 4) is 0 Å². The molecule has 0 amide bonds. The predicted molar refractivity (Wildman–Crippen MR) is 78.6 cm³/mol. The van der Waals surface area contributed by atoms with Gasteiger partial charge >= 0.3 is 0 Å². The molecule has 4 heteroatoms. The molecule has 1 aliphatic heterocycles. The number of thiocarbonyl (C=S) groups is 1. The lowest BCUT2D eigenvalue weighted by Crippen LogP contribution is -2.16. The molecule has 0 saturated heterocycles. The third kappa shape index (κ3) is 2.19. The van der Waals surface area contributed by atoms with Crippen LogP contribution in [0.1, 0.15) is 16.7 Å². The van der Waals surface area contributed by atoms with Gasteiger partial charge in [0.1, 0.15) is 10.8 Å². The van der Waals surface area contributed by atoms with Crippen molar-refractivity contribution in [2.45, 2.75) is 13.1 Å². The standard InChI is InChI=1S/C15H13FN2S/c16-14-7-12(5-6-13(14)15(17)19)18-8-10-3-1-2-4-11(10)9-18/h1-7H,8-9H2,(H2,17,19). The third-order valence-corrected chi connectivity index (χ3v) is 3.64. The molecule has 1 heterocycles. The SMILES string of the molecule is NC(=S)c1ccc(N2Cc3ccccc3C2)cc1F. The van der Waals surface area contributed by atoms with Crippen molar-refractivity contribution in [1.29, 1.82) is 0 Å². The summed E-state index contributed by atoms with van der Waals surface area (Å²) in [6.07, 6.45) is 0. The summed E-state index contributed by atoms with van der Waals surface area (Å²) in [6.45, 7) is 1.62. The molecule has 0 atom stereocenters. The largest absolute Gasteiger partial charge is 0.389 e. The van der Waals surface area contributed by atoms with Gasteiger partial charge in [0.2, 0.25) is 0 Å². The molecule has 19 heavy (non-hydrogen) atoms. The molecule has 3 rings (SSSR count). The first-order chi connectivity index (χ1) is 9.15. The zero-order valence-electron chi connectivity index (χ0n) is 10.3. The van der Waals surface area contributed by atoms with Gasteiger partial charge in [0.15, 0.2) is 0 Å². The average molecular weight is 272 g/mol. The molecule has 0 spiro atoms. The lowest BCUT2D eigenvalue weighted by Gasteiger charge is -2.18. The summed E-state index contributed by atoms with van der Waals surface area (Å²) in [7, 11) is 0. The van der Waals surface area contributed by atoms with Gasteiger partial charge in [0.25, 0.3) is 0 Å². The molecule has 0 radical (unpaired) electrons. The van der Waals surface area contributed by atoms with Gasteiger partial charge in [-0.05, 0) is 29.3 Å². The molecule has 2 aromatic rings. The van der Waals surface area contributed by atoms with E-state index in [1.54, 1.807) is 6.07 Å². The maximum Gasteiger partial charge on any atom is 0.135 e. The highest BCUT2D eigenvalue weighted by Gasteiger charge is 2.19. The molecule has 2 nitrogen and oxygen atoms in total. The van der Waals surface area contributed by atoms with E-state index in [2.05, 4.69) is 17.0 Å². The lowest BCUT2D eigenvalue weighted by molar-refractivity contribution is 0.624. The summed E-state index contributed by atoms with van der Waals surface area (Å²) in [6, 6.07) is 13.3. The Morgan fingerprint density at radius 1 is 1.11 bits per heavy atom. The van der Waals surface area contributed by atoms with Crippen LogP contribution in [0.2, 0.25) is 0 Å². The van der Waals surface area contributed by atoms with Crippen LogP contribution in [-0.2, 0) is 13.1 Å². The Hall–Kier alpha value is -1.94. The molecule has 0 bridgehead atoms. The van der Waals surface area contributed by atoms with Crippen LogP contribution in [0.3, 0.4) is 0 Å². The maximum atomic E-state index is 13.9. The number of nitrogens with zero attached hydrogens (tertiary/aromatic N) is 1. The zero-order valence-corrected chi connectivity index (χ0v) is 11.1. The van der Waals surface area contributed by atoms with Crippen molar-refractivity contribution in [3.05, 3.63) is 65.0 Å². The fourth-order valence-electron chi connectivity index (χ4n) is 2.42. The summed E-state index contributed by atoms with van der Waals surface area (Å²) in [4.78, 5) is 2.23. The van der Waals surface area contributed by atoms with E-state index < -0.39 is 0 Å². The molecule has 2 N–H and O–H groups in total. The smallest absolute Gasteiger partial charge is 0.135 e. The Balaban J connectivity index is 1.90. The van der Waals surface area contributed by atoms with Crippen molar-refractivity contribution in [2.24, 2.45) is 5.73 Å². The van der Waals surface area contributed by atoms with Crippen LogP contribution >= 0.6 is 12.2 Å². The van der Waals surface area contributed by atoms with Crippen molar-refractivity contribution < 1.29 is 4.39 Å². The number of halogens is 1. The number of fused-ring (bicyclic) bond motifs is 1. The Morgan fingerprint density at radius 3 is 2.26 bits per heavy atom. The second-order valence-electron chi connectivity index (χ2n) is 4.65. The number of rotatable bonds is 2. The first-order valence-electron chi connectivity index (χ1n) is 6.06. The minimum atomic E-state index is -0.360. The minimum absolute atomic E-state index is 0.0914. The molecule has 2 aromatic carbocycles. The van der Waals surface area contributed by atoms with E-state index in [1.165, 1.54) is 17.2 Å². The number of hydrogen-bond donors (Lipinski definition) is 1. The monoisotopic (exact) mass is 272 g/mol. The highest BCUT2D eigenvalue weighted by molar-refractivity contribution is 7.80. The molecular formula is C15H13FN2S. The van der Waals surface area contributed by atoms with E-state index in [1.807, 2.05) is 18.2 Å². The van der Waals surface area contributed by atoms with Gasteiger partial charge in [0, 0.05) is 24.3 Å². The van der Waals surface area contributed by atoms with E-state index in [9.17, 15) is 4.39 Å². The van der Waals surface area contributed by atoms with Crippen LogP contribution in [-0.4, -0.2) is 4.99 Å². The van der Waals surface area contributed by atoms with Crippen LogP contribution in [0, 0.1) is 5.82 Å². The molecule has 0 aliphatic carbocycles. The Labute approximate surface area is 116 Å². The average Bonchev–Trinajstić information content (AvgIpc) is 2.81. The normalized spacial score (nSPS) is 13.4. The van der Waals surface area contributed by atoms with Crippen LogP contribution in [0.15, 0.2) is 42.5 Å². The highest BCUT2D eigenvalue weighted by Crippen LogP contribution is 2.29. The molecule has 0 aromatic heterocycles. The molecule has 0 fully saturated rings. The molecule has 96 valence electrons. The van der Waals surface area contributed by atoms with Crippen molar-refractivity contribution in [3.63, 3.8) is 0 Å². The molecule has 0 unspecified atom stereocenters. The fraction of sp³-hybridized carbons (Fsp3) is 0.133. The van der Waals surface area contributed by atoms with Gasteiger partial charge < -0.3 is 10.6 Å². The summed E-state index contributed by atoms with van der Waals surface area (Å²) in [5, 5.41) is 0. The van der Waals surface area contributed by atoms with Crippen molar-refractivity contribution >= 4 is 22.9 Å². The summed E-state index contributed by atoms with van der Waals surface area (Å²) in [5.41, 5.74) is 9.21. The summed E-state index contributed by atoms with van der Waals surface area (Å²) in [5.74, 6) is -0.360. The molecular weight excluding hydrogens is 259 g/mol. The first kappa shape index (κ1) is 12.1. The second-order valence-corrected chi connectivity index (χ2v) is 5.09. The van der Waals surface area contributed by atoms with E-state index in [0.717, 1.165) is 18.8 Å². The number of anilines is 1. The zero-order chi connectivity index (χ0) is 13.4. The molecule has 0 saturated carbocycles. The van der Waals surface area contributed by atoms with Gasteiger partial charge in [-0.25, -0.2) is 4.39 Å². The van der Waals surface area contributed by atoms with Gasteiger partial charge in [-0.15, -0.1) is 0 Å². The van der Waals surface area contributed by atoms with Crippen molar-refractivity contribution in [1.82, 2.24) is 0 Å². The predicted octanol–water partition coefficient (Wildman–Crippen LogP) is 2.98. The Bertz CT molecular complexity index is 629. The van der Waals surface area contributed by atoms with Gasteiger partial charge in [0.05, 0.1) is 0 Å². The number of nitrogens with two attached hydrogens (primary N) is 1. The quantitative estimate of drug-likeness (QED) is 0.852. The van der Waals surface area contributed by atoms with Crippen LogP contribution in [0.4, 0.5) is 10.1 Å². The van der Waals surface area contributed by atoms with Gasteiger partial charge in [-0.2, -0.15) is 0 Å². The summed E-state index contributed by atoms with van der Waals surface area (Å²) >= 11 is 4.81. The van der Waals surface area contributed by atoms with E-state index in [-0.39, 0.29) is 10.8 Å². The molecule has 1 aliphatic rings.